The van der Waals surface area contributed by atoms with Gasteiger partial charge in [0.15, 0.2) is 12.2 Å². The molecule has 4 unspecified atom stereocenters. The lowest BCUT2D eigenvalue weighted by Crippen LogP contribution is -2.29. The van der Waals surface area contributed by atoms with Gasteiger partial charge in [-0.1, -0.05) is 86.6 Å². The van der Waals surface area contributed by atoms with Gasteiger partial charge in [0.25, 0.3) is 0 Å². The first-order valence-electron chi connectivity index (χ1n) is 15.4. The third kappa shape index (κ3) is 4.64. The molecule has 2 aliphatic heterocycles. The second-order valence-corrected chi connectivity index (χ2v) is 11.5. The zero-order valence-electron chi connectivity index (χ0n) is 25.2. The summed E-state index contributed by atoms with van der Waals surface area (Å²) >= 11 is 0. The first kappa shape index (κ1) is 28.1. The third-order valence-corrected chi connectivity index (χ3v) is 8.63. The fourth-order valence-corrected chi connectivity index (χ4v) is 6.39. The van der Waals surface area contributed by atoms with Crippen molar-refractivity contribution < 1.29 is 28.4 Å². The summed E-state index contributed by atoms with van der Waals surface area (Å²) in [5, 5.41) is 0. The van der Waals surface area contributed by atoms with Crippen molar-refractivity contribution in [1.29, 1.82) is 0 Å². The molecular formula is C37H38O6. The highest BCUT2D eigenvalue weighted by Gasteiger charge is 2.60. The number of rotatable bonds is 12. The summed E-state index contributed by atoms with van der Waals surface area (Å²) in [6.45, 7) is 9.23. The summed E-state index contributed by atoms with van der Waals surface area (Å²) in [6.07, 6.45) is 1.55. The average Bonchev–Trinajstić information content (AvgIpc) is 3.85. The molecule has 6 heteroatoms. The Morgan fingerprint density at radius 1 is 0.558 bits per heavy atom. The van der Waals surface area contributed by atoms with E-state index in [0.29, 0.717) is 24.7 Å². The number of epoxide rings is 2. The van der Waals surface area contributed by atoms with E-state index in [-0.39, 0.29) is 12.2 Å². The standard InChI is InChI=1S/C37H38O6/c1-5-23-38-36(25(3)40-36)42-29-19-15-27(16-20-29)35(33-13-9-7-11-31(33)32-12-8-10-14-34(32)35)28-17-21-30(22-18-28)43-37(26(4)41-37)39-24-6-2/h7-22,25-26H,5-6,23-24H2,1-4H3. The van der Waals surface area contributed by atoms with Crippen LogP contribution in [-0.2, 0) is 24.4 Å². The first-order valence-corrected chi connectivity index (χ1v) is 15.4. The Hall–Kier alpha value is -3.68. The van der Waals surface area contributed by atoms with Crippen LogP contribution >= 0.6 is 0 Å². The van der Waals surface area contributed by atoms with Crippen molar-refractivity contribution >= 4 is 0 Å². The van der Waals surface area contributed by atoms with Gasteiger partial charge in [0.1, 0.15) is 11.5 Å². The largest absolute Gasteiger partial charge is 0.437 e. The molecule has 2 heterocycles. The molecule has 0 bridgehead atoms. The average molecular weight is 579 g/mol. The molecule has 0 N–H and O–H groups in total. The van der Waals surface area contributed by atoms with E-state index >= 15 is 0 Å². The van der Waals surface area contributed by atoms with Gasteiger partial charge in [-0.3, -0.25) is 0 Å². The van der Waals surface area contributed by atoms with E-state index < -0.39 is 17.4 Å². The van der Waals surface area contributed by atoms with Crippen LogP contribution in [0, 0.1) is 0 Å². The Labute approximate surface area is 253 Å². The van der Waals surface area contributed by atoms with E-state index in [4.69, 9.17) is 28.4 Å². The van der Waals surface area contributed by atoms with Crippen LogP contribution < -0.4 is 9.47 Å². The maximum absolute atomic E-state index is 6.24. The predicted molar refractivity (Wildman–Crippen MR) is 164 cm³/mol. The summed E-state index contributed by atoms with van der Waals surface area (Å²) in [5.74, 6) is -0.589. The van der Waals surface area contributed by atoms with E-state index in [2.05, 4.69) is 86.6 Å². The van der Waals surface area contributed by atoms with Crippen molar-refractivity contribution in [2.24, 2.45) is 0 Å². The number of hydrogen-bond acceptors (Lipinski definition) is 6. The van der Waals surface area contributed by atoms with Crippen LogP contribution in [0.3, 0.4) is 0 Å². The molecule has 7 rings (SSSR count). The molecular weight excluding hydrogens is 540 g/mol. The van der Waals surface area contributed by atoms with Crippen LogP contribution in [0.25, 0.3) is 11.1 Å². The van der Waals surface area contributed by atoms with Gasteiger partial charge in [-0.15, -0.1) is 0 Å². The predicted octanol–water partition coefficient (Wildman–Crippen LogP) is 7.81. The Kier molecular flexibility index (Phi) is 7.06. The minimum Gasteiger partial charge on any atom is -0.437 e. The topological polar surface area (TPSA) is 62.0 Å². The summed E-state index contributed by atoms with van der Waals surface area (Å²) in [5.41, 5.74) is 6.69. The van der Waals surface area contributed by atoms with Crippen LogP contribution in [0.4, 0.5) is 0 Å². The Morgan fingerprint density at radius 2 is 0.930 bits per heavy atom. The van der Waals surface area contributed by atoms with Gasteiger partial charge < -0.3 is 28.4 Å². The van der Waals surface area contributed by atoms with E-state index in [1.165, 1.54) is 22.3 Å². The molecule has 43 heavy (non-hydrogen) atoms. The molecule has 0 spiro atoms. The summed E-state index contributed by atoms with van der Waals surface area (Å²) in [7, 11) is 0. The van der Waals surface area contributed by atoms with Gasteiger partial charge in [0.2, 0.25) is 0 Å². The summed E-state index contributed by atoms with van der Waals surface area (Å²) < 4.78 is 35.8. The lowest BCUT2D eigenvalue weighted by atomic mass is 9.68. The highest BCUT2D eigenvalue weighted by atomic mass is 17.0. The van der Waals surface area contributed by atoms with Crippen molar-refractivity contribution in [3.63, 3.8) is 0 Å². The Balaban J connectivity index is 1.29. The van der Waals surface area contributed by atoms with Crippen LogP contribution in [-0.4, -0.2) is 37.4 Å². The van der Waals surface area contributed by atoms with Crippen LogP contribution in [0.15, 0.2) is 97.1 Å². The highest BCUT2D eigenvalue weighted by molar-refractivity contribution is 5.86. The van der Waals surface area contributed by atoms with Crippen LogP contribution in [0.5, 0.6) is 11.5 Å². The molecule has 0 aromatic heterocycles. The van der Waals surface area contributed by atoms with Gasteiger partial charge in [-0.05, 0) is 84.3 Å². The van der Waals surface area contributed by atoms with E-state index in [9.17, 15) is 0 Å². The Morgan fingerprint density at radius 3 is 1.28 bits per heavy atom. The molecule has 1 aliphatic carbocycles. The SMILES string of the molecule is CCCOC1(Oc2ccc(C3(c4ccc(OC5(OCCC)OC5C)cc4)c4ccccc4-c4ccccc43)cc2)OC1C. The maximum Gasteiger partial charge on any atom is 0.355 e. The lowest BCUT2D eigenvalue weighted by molar-refractivity contribution is -0.174. The smallest absolute Gasteiger partial charge is 0.355 e. The zero-order valence-corrected chi connectivity index (χ0v) is 25.2. The van der Waals surface area contributed by atoms with Gasteiger partial charge in [0.05, 0.1) is 18.6 Å². The number of ether oxygens (including phenoxy) is 6. The molecule has 0 saturated carbocycles. The quantitative estimate of drug-likeness (QED) is 0.111. The number of hydrogen-bond donors (Lipinski definition) is 0. The monoisotopic (exact) mass is 578 g/mol. The fourth-order valence-electron chi connectivity index (χ4n) is 6.39. The molecule has 0 radical (unpaired) electrons. The molecule has 4 aromatic rings. The molecule has 2 fully saturated rings. The van der Waals surface area contributed by atoms with Crippen molar-refractivity contribution in [3.8, 4) is 22.6 Å². The second kappa shape index (κ2) is 10.8. The number of fused-ring (bicyclic) bond motifs is 3. The fraction of sp³-hybridized carbons (Fsp3) is 0.351. The van der Waals surface area contributed by atoms with Crippen LogP contribution in [0.1, 0.15) is 62.8 Å². The van der Waals surface area contributed by atoms with E-state index in [1.807, 2.05) is 38.1 Å². The minimum absolute atomic E-state index is 0.116. The highest BCUT2D eigenvalue weighted by Crippen LogP contribution is 2.56. The molecule has 0 amide bonds. The van der Waals surface area contributed by atoms with Gasteiger partial charge in [0, 0.05) is 0 Å². The van der Waals surface area contributed by atoms with Gasteiger partial charge >= 0.3 is 11.9 Å². The van der Waals surface area contributed by atoms with Crippen LogP contribution in [0.2, 0.25) is 0 Å². The maximum atomic E-state index is 6.24. The molecule has 4 atom stereocenters. The van der Waals surface area contributed by atoms with Gasteiger partial charge in [-0.25, -0.2) is 0 Å². The molecule has 222 valence electrons. The Bertz CT molecular complexity index is 1480. The number of benzene rings is 4. The van der Waals surface area contributed by atoms with Crippen molar-refractivity contribution in [2.45, 2.75) is 70.1 Å². The van der Waals surface area contributed by atoms with Crippen molar-refractivity contribution in [2.75, 3.05) is 13.2 Å². The molecule has 3 aliphatic rings. The second-order valence-electron chi connectivity index (χ2n) is 11.5. The van der Waals surface area contributed by atoms with E-state index in [0.717, 1.165) is 24.0 Å². The van der Waals surface area contributed by atoms with E-state index in [1.54, 1.807) is 0 Å². The molecule has 4 aromatic carbocycles. The lowest BCUT2D eigenvalue weighted by Gasteiger charge is -2.34. The van der Waals surface area contributed by atoms with Crippen molar-refractivity contribution in [1.82, 2.24) is 0 Å². The van der Waals surface area contributed by atoms with Gasteiger partial charge in [-0.2, -0.15) is 0 Å². The minimum atomic E-state index is -1.00. The normalized spacial score (nSPS) is 26.0. The van der Waals surface area contributed by atoms with Crippen molar-refractivity contribution in [3.05, 3.63) is 119 Å². The summed E-state index contributed by atoms with van der Waals surface area (Å²) in [6, 6.07) is 34.1. The third-order valence-electron chi connectivity index (χ3n) is 8.63. The zero-order chi connectivity index (χ0) is 29.7. The first-order chi connectivity index (χ1) is 21.0. The molecule has 2 saturated heterocycles. The summed E-state index contributed by atoms with van der Waals surface area (Å²) in [4.78, 5) is 0. The molecule has 6 nitrogen and oxygen atoms in total.